The first-order valence-corrected chi connectivity index (χ1v) is 6.56. The average molecular weight is 300 g/mol. The molecule has 1 aliphatic rings. The number of nitrogens with one attached hydrogen (secondary N) is 1. The Morgan fingerprint density at radius 3 is 2.35 bits per heavy atom. The van der Waals surface area contributed by atoms with Crippen molar-refractivity contribution in [2.75, 3.05) is 26.3 Å². The molecule has 0 unspecified atom stereocenters. The molecule has 0 aromatic rings. The molecule has 1 rings (SSSR count). The first-order chi connectivity index (χ1) is 9.51. The zero-order valence-electron chi connectivity index (χ0n) is 11.3. The number of carbonyl (C=O) groups is 3. The smallest absolute Gasteiger partial charge is 0.380 e. The van der Waals surface area contributed by atoms with Crippen molar-refractivity contribution in [1.29, 1.82) is 0 Å². The average Bonchev–Trinajstić information content (AvgIpc) is 2.81. The van der Waals surface area contributed by atoms with Crippen LogP contribution < -0.4 is 5.32 Å². The van der Waals surface area contributed by atoms with Crippen molar-refractivity contribution in [2.45, 2.75) is 13.8 Å². The summed E-state index contributed by atoms with van der Waals surface area (Å²) in [6.07, 6.45) is 1.22. The molecule has 1 N–H and O–H groups in total. The van der Waals surface area contributed by atoms with Crippen LogP contribution in [0.15, 0.2) is 11.8 Å². The molecule has 8 heteroatoms. The van der Waals surface area contributed by atoms with Crippen LogP contribution in [0.2, 0.25) is 0 Å². The lowest BCUT2D eigenvalue weighted by molar-refractivity contribution is -0.154. The number of thiocarbonyl (C=S) groups is 1. The first kappa shape index (κ1) is 16.1. The number of carbonyl (C=O) groups excluding carboxylic acids is 3. The van der Waals surface area contributed by atoms with Crippen LogP contribution in [0.4, 0.5) is 0 Å². The Balaban J connectivity index is 2.98. The minimum atomic E-state index is -1.09. The standard InChI is InChI=1S/C12H16N2O5S/c1-3-18-10(16)8(9(15)11(17)19-4-2)7-14-6-5-13-12(14)20/h7H,3-6H2,1-2H3,(H,13,20)/b8-7-. The highest BCUT2D eigenvalue weighted by Gasteiger charge is 2.29. The van der Waals surface area contributed by atoms with Gasteiger partial charge < -0.3 is 19.7 Å². The minimum Gasteiger partial charge on any atom is -0.462 e. The highest BCUT2D eigenvalue weighted by Crippen LogP contribution is 2.08. The summed E-state index contributed by atoms with van der Waals surface area (Å²) in [6.45, 7) is 4.40. The molecule has 0 aliphatic carbocycles. The van der Waals surface area contributed by atoms with Gasteiger partial charge >= 0.3 is 11.9 Å². The second kappa shape index (κ2) is 7.59. The minimum absolute atomic E-state index is 0.0460. The van der Waals surface area contributed by atoms with Crippen LogP contribution in [-0.2, 0) is 23.9 Å². The Kier molecular flexibility index (Phi) is 6.10. The van der Waals surface area contributed by atoms with Gasteiger partial charge in [-0.3, -0.25) is 4.79 Å². The molecule has 1 fully saturated rings. The van der Waals surface area contributed by atoms with Crippen molar-refractivity contribution in [3.05, 3.63) is 11.8 Å². The van der Waals surface area contributed by atoms with Gasteiger partial charge in [-0.15, -0.1) is 0 Å². The summed E-state index contributed by atoms with van der Waals surface area (Å²) < 4.78 is 9.37. The maximum Gasteiger partial charge on any atom is 0.380 e. The van der Waals surface area contributed by atoms with E-state index in [4.69, 9.17) is 17.0 Å². The van der Waals surface area contributed by atoms with E-state index in [9.17, 15) is 14.4 Å². The fourth-order valence-corrected chi connectivity index (χ4v) is 1.73. The number of ketones is 1. The number of nitrogens with zero attached hydrogens (tertiary/aromatic N) is 1. The maximum atomic E-state index is 11.9. The van der Waals surface area contributed by atoms with E-state index in [0.29, 0.717) is 18.2 Å². The van der Waals surface area contributed by atoms with Crippen LogP contribution in [0.5, 0.6) is 0 Å². The summed E-state index contributed by atoms with van der Waals surface area (Å²) in [5.41, 5.74) is -0.392. The Morgan fingerprint density at radius 2 is 1.85 bits per heavy atom. The SMILES string of the molecule is CCOC(=O)C(=O)/C(=C/N1CCNC1=S)C(=O)OCC. The molecule has 0 radical (unpaired) electrons. The largest absolute Gasteiger partial charge is 0.462 e. The van der Waals surface area contributed by atoms with Crippen molar-refractivity contribution in [3.8, 4) is 0 Å². The fraction of sp³-hybridized carbons (Fsp3) is 0.500. The molecule has 20 heavy (non-hydrogen) atoms. The van der Waals surface area contributed by atoms with E-state index < -0.39 is 23.3 Å². The molecular formula is C12H16N2O5S. The summed E-state index contributed by atoms with van der Waals surface area (Å²) in [4.78, 5) is 36.6. The molecule has 0 amide bonds. The lowest BCUT2D eigenvalue weighted by Crippen LogP contribution is -2.29. The van der Waals surface area contributed by atoms with E-state index in [1.807, 2.05) is 0 Å². The van der Waals surface area contributed by atoms with Gasteiger partial charge in [0.1, 0.15) is 5.57 Å². The molecule has 7 nitrogen and oxygen atoms in total. The summed E-state index contributed by atoms with van der Waals surface area (Å²) in [5.74, 6) is -3.01. The molecule has 0 aromatic heterocycles. The Hall–Kier alpha value is -1.96. The monoisotopic (exact) mass is 300 g/mol. The van der Waals surface area contributed by atoms with Gasteiger partial charge in [0.15, 0.2) is 5.11 Å². The third-order valence-corrected chi connectivity index (χ3v) is 2.75. The third kappa shape index (κ3) is 4.02. The van der Waals surface area contributed by atoms with Crippen LogP contribution in [0.25, 0.3) is 0 Å². The Morgan fingerprint density at radius 1 is 1.25 bits per heavy atom. The normalized spacial score (nSPS) is 14.8. The number of ether oxygens (including phenoxy) is 2. The van der Waals surface area contributed by atoms with E-state index in [1.54, 1.807) is 13.8 Å². The van der Waals surface area contributed by atoms with E-state index >= 15 is 0 Å². The van der Waals surface area contributed by atoms with Crippen molar-refractivity contribution in [1.82, 2.24) is 10.2 Å². The van der Waals surface area contributed by atoms with E-state index in [2.05, 4.69) is 10.1 Å². The third-order valence-electron chi connectivity index (χ3n) is 2.38. The Bertz CT molecular complexity index is 461. The maximum absolute atomic E-state index is 11.9. The molecule has 1 heterocycles. The number of rotatable bonds is 6. The van der Waals surface area contributed by atoms with Crippen LogP contribution in [0, 0.1) is 0 Å². The predicted octanol–water partition coefficient (Wildman–Crippen LogP) is -0.244. The van der Waals surface area contributed by atoms with Gasteiger partial charge in [-0.2, -0.15) is 0 Å². The quantitative estimate of drug-likeness (QED) is 0.180. The summed E-state index contributed by atoms with van der Waals surface area (Å²) in [6, 6.07) is 0. The number of Topliss-reactive ketones (excluding diaryl/α,β-unsaturated/α-hetero) is 1. The Labute approximate surface area is 121 Å². The molecule has 0 saturated carbocycles. The molecule has 0 spiro atoms. The van der Waals surface area contributed by atoms with Gasteiger partial charge in [0.05, 0.1) is 13.2 Å². The molecule has 0 aromatic carbocycles. The molecular weight excluding hydrogens is 284 g/mol. The van der Waals surface area contributed by atoms with Gasteiger partial charge in [-0.05, 0) is 26.1 Å². The number of esters is 2. The molecule has 1 saturated heterocycles. The molecule has 0 bridgehead atoms. The topological polar surface area (TPSA) is 84.9 Å². The summed E-state index contributed by atoms with van der Waals surface area (Å²) in [5, 5.41) is 3.25. The summed E-state index contributed by atoms with van der Waals surface area (Å²) >= 11 is 5.00. The van der Waals surface area contributed by atoms with Crippen molar-refractivity contribution >= 4 is 35.1 Å². The number of hydrogen-bond donors (Lipinski definition) is 1. The fourth-order valence-electron chi connectivity index (χ4n) is 1.48. The molecule has 110 valence electrons. The van der Waals surface area contributed by atoms with Crippen molar-refractivity contribution < 1.29 is 23.9 Å². The van der Waals surface area contributed by atoms with Gasteiger partial charge in [0.2, 0.25) is 0 Å². The van der Waals surface area contributed by atoms with E-state index in [1.165, 1.54) is 11.1 Å². The predicted molar refractivity (Wildman–Crippen MR) is 73.7 cm³/mol. The van der Waals surface area contributed by atoms with E-state index in [-0.39, 0.29) is 13.2 Å². The van der Waals surface area contributed by atoms with Crippen LogP contribution >= 0.6 is 12.2 Å². The van der Waals surface area contributed by atoms with Gasteiger partial charge in [-0.25, -0.2) is 9.59 Å². The molecule has 1 aliphatic heterocycles. The second-order valence-electron chi connectivity index (χ2n) is 3.74. The van der Waals surface area contributed by atoms with Crippen LogP contribution in [0.1, 0.15) is 13.8 Å². The van der Waals surface area contributed by atoms with Gasteiger partial charge in [0.25, 0.3) is 5.78 Å². The van der Waals surface area contributed by atoms with Gasteiger partial charge in [0, 0.05) is 19.3 Å². The first-order valence-electron chi connectivity index (χ1n) is 6.16. The van der Waals surface area contributed by atoms with Crippen LogP contribution in [0.3, 0.4) is 0 Å². The second-order valence-corrected chi connectivity index (χ2v) is 4.12. The lowest BCUT2D eigenvalue weighted by Gasteiger charge is -2.13. The van der Waals surface area contributed by atoms with Gasteiger partial charge in [-0.1, -0.05) is 0 Å². The van der Waals surface area contributed by atoms with Crippen molar-refractivity contribution in [3.63, 3.8) is 0 Å². The van der Waals surface area contributed by atoms with E-state index in [0.717, 1.165) is 0 Å². The molecule has 0 atom stereocenters. The van der Waals surface area contributed by atoms with Crippen LogP contribution in [-0.4, -0.2) is 54.0 Å². The highest BCUT2D eigenvalue weighted by molar-refractivity contribution is 7.80. The summed E-state index contributed by atoms with van der Waals surface area (Å²) in [7, 11) is 0. The highest BCUT2D eigenvalue weighted by atomic mass is 32.1. The number of hydrogen-bond acceptors (Lipinski definition) is 6. The van der Waals surface area contributed by atoms with Crippen molar-refractivity contribution in [2.24, 2.45) is 0 Å². The zero-order valence-corrected chi connectivity index (χ0v) is 12.1. The lowest BCUT2D eigenvalue weighted by atomic mass is 10.2. The zero-order chi connectivity index (χ0) is 15.1.